The Morgan fingerprint density at radius 1 is 1.14 bits per heavy atom. The highest BCUT2D eigenvalue weighted by Crippen LogP contribution is 2.39. The van der Waals surface area contributed by atoms with E-state index in [1.54, 1.807) is 13.3 Å². The molecule has 1 aromatic carbocycles. The third-order valence-corrected chi connectivity index (χ3v) is 5.15. The van der Waals surface area contributed by atoms with E-state index in [2.05, 4.69) is 15.3 Å². The summed E-state index contributed by atoms with van der Waals surface area (Å²) >= 11 is 11.9. The zero-order valence-electron chi connectivity index (χ0n) is 12.2. The number of hydrogen-bond donors (Lipinski definition) is 1. The average Bonchev–Trinajstić information content (AvgIpc) is 2.36. The van der Waals surface area contributed by atoms with Crippen LogP contribution in [0.15, 0.2) is 18.3 Å². The predicted octanol–water partition coefficient (Wildman–Crippen LogP) is 4.39. The van der Waals surface area contributed by atoms with Crippen LogP contribution in [-0.2, 0) is 4.57 Å². The highest BCUT2D eigenvalue weighted by atomic mass is 35.5. The Morgan fingerprint density at radius 3 is 2.38 bits per heavy atom. The first-order valence-corrected chi connectivity index (χ1v) is 9.66. The van der Waals surface area contributed by atoms with Gasteiger partial charge in [-0.25, -0.2) is 4.98 Å². The summed E-state index contributed by atoms with van der Waals surface area (Å²) in [6.07, 6.45) is 1.43. The highest BCUT2D eigenvalue weighted by molar-refractivity contribution is 7.70. The van der Waals surface area contributed by atoms with Crippen LogP contribution < -0.4 is 10.6 Å². The van der Waals surface area contributed by atoms with E-state index in [0.29, 0.717) is 10.8 Å². The second-order valence-corrected chi connectivity index (χ2v) is 9.19. The standard InChI is InChI=1S/C14H16Cl2N3OP/c1-8-5-11(12(6-9(8)2)21(3,4)20)18-13-10(15)7-17-14(16)19-13/h5-7H,1-4H3,(H,17,18,19). The molecule has 0 unspecified atom stereocenters. The smallest absolute Gasteiger partial charge is 0.224 e. The molecular weight excluding hydrogens is 328 g/mol. The molecule has 0 aliphatic rings. The SMILES string of the molecule is Cc1cc(Nc2nc(Cl)ncc2Cl)c(P(C)(C)=O)cc1C. The minimum atomic E-state index is -2.45. The number of hydrogen-bond acceptors (Lipinski definition) is 4. The van der Waals surface area contributed by atoms with E-state index < -0.39 is 7.14 Å². The lowest BCUT2D eigenvalue weighted by Crippen LogP contribution is -2.12. The van der Waals surface area contributed by atoms with E-state index >= 15 is 0 Å². The molecule has 7 heteroatoms. The third kappa shape index (κ3) is 3.76. The van der Waals surface area contributed by atoms with Gasteiger partial charge in [0, 0.05) is 5.30 Å². The monoisotopic (exact) mass is 343 g/mol. The van der Waals surface area contributed by atoms with Gasteiger partial charge < -0.3 is 9.88 Å². The molecule has 0 bridgehead atoms. The maximum atomic E-state index is 12.5. The molecule has 0 saturated carbocycles. The fourth-order valence-electron chi connectivity index (χ4n) is 1.91. The van der Waals surface area contributed by atoms with Gasteiger partial charge in [0.1, 0.15) is 12.2 Å². The van der Waals surface area contributed by atoms with Crippen molar-refractivity contribution < 1.29 is 4.57 Å². The Hall–Kier alpha value is -1.09. The van der Waals surface area contributed by atoms with Gasteiger partial charge in [-0.1, -0.05) is 11.6 Å². The Morgan fingerprint density at radius 2 is 1.76 bits per heavy atom. The molecule has 1 N–H and O–H groups in total. The van der Waals surface area contributed by atoms with Crippen LogP contribution in [0, 0.1) is 13.8 Å². The molecule has 0 radical (unpaired) electrons. The maximum absolute atomic E-state index is 12.5. The lowest BCUT2D eigenvalue weighted by atomic mass is 10.1. The van der Waals surface area contributed by atoms with Gasteiger partial charge in [-0.2, -0.15) is 4.98 Å². The molecule has 0 saturated heterocycles. The van der Waals surface area contributed by atoms with E-state index in [-0.39, 0.29) is 5.28 Å². The minimum absolute atomic E-state index is 0.100. The van der Waals surface area contributed by atoms with Crippen LogP contribution in [0.3, 0.4) is 0 Å². The highest BCUT2D eigenvalue weighted by Gasteiger charge is 2.18. The van der Waals surface area contributed by atoms with Crippen molar-refractivity contribution >= 4 is 47.2 Å². The molecule has 0 fully saturated rings. The van der Waals surface area contributed by atoms with E-state index in [1.807, 2.05) is 26.0 Å². The second kappa shape index (κ2) is 5.96. The summed E-state index contributed by atoms with van der Waals surface area (Å²) in [6.45, 7) is 7.45. The molecule has 0 aliphatic carbocycles. The van der Waals surface area contributed by atoms with Crippen molar-refractivity contribution in [1.82, 2.24) is 9.97 Å². The number of nitrogens with zero attached hydrogens (tertiary/aromatic N) is 2. The van der Waals surface area contributed by atoms with Crippen LogP contribution in [0.25, 0.3) is 0 Å². The number of aryl methyl sites for hydroxylation is 2. The zero-order chi connectivity index (χ0) is 15.8. The molecule has 1 heterocycles. The average molecular weight is 344 g/mol. The van der Waals surface area contributed by atoms with Crippen LogP contribution in [-0.4, -0.2) is 23.3 Å². The largest absolute Gasteiger partial charge is 0.338 e. The first-order chi connectivity index (χ1) is 9.68. The Kier molecular flexibility index (Phi) is 4.62. The predicted molar refractivity (Wildman–Crippen MR) is 90.3 cm³/mol. The van der Waals surface area contributed by atoms with Gasteiger partial charge >= 0.3 is 0 Å². The normalized spacial score (nSPS) is 11.5. The van der Waals surface area contributed by atoms with Crippen LogP contribution in [0.4, 0.5) is 11.5 Å². The first kappa shape index (κ1) is 16.3. The van der Waals surface area contributed by atoms with E-state index in [9.17, 15) is 4.57 Å². The lowest BCUT2D eigenvalue weighted by molar-refractivity contribution is 0.588. The number of aromatic nitrogens is 2. The second-order valence-electron chi connectivity index (χ2n) is 5.27. The third-order valence-electron chi connectivity index (χ3n) is 3.16. The van der Waals surface area contributed by atoms with Gasteiger partial charge in [0.05, 0.1) is 11.9 Å². The molecule has 0 amide bonds. The maximum Gasteiger partial charge on any atom is 0.224 e. The molecule has 1 aromatic heterocycles. The van der Waals surface area contributed by atoms with Gasteiger partial charge in [-0.3, -0.25) is 0 Å². The molecule has 2 aromatic rings. The fourth-order valence-corrected chi connectivity index (χ4v) is 3.38. The molecule has 0 spiro atoms. The quantitative estimate of drug-likeness (QED) is 0.663. The topological polar surface area (TPSA) is 54.9 Å². The number of rotatable bonds is 3. The number of anilines is 2. The molecule has 0 aliphatic heterocycles. The number of benzene rings is 1. The summed E-state index contributed by atoms with van der Waals surface area (Å²) in [5.74, 6) is 0.398. The lowest BCUT2D eigenvalue weighted by Gasteiger charge is -2.17. The van der Waals surface area contributed by atoms with Gasteiger partial charge in [-0.05, 0) is 62.0 Å². The van der Waals surface area contributed by atoms with Crippen molar-refractivity contribution in [2.75, 3.05) is 18.6 Å². The van der Waals surface area contributed by atoms with Gasteiger partial charge in [-0.15, -0.1) is 0 Å². The fraction of sp³-hybridized carbons (Fsp3) is 0.286. The van der Waals surface area contributed by atoms with Crippen LogP contribution >= 0.6 is 30.3 Å². The van der Waals surface area contributed by atoms with Crippen LogP contribution in [0.1, 0.15) is 11.1 Å². The van der Waals surface area contributed by atoms with Crippen molar-refractivity contribution in [3.63, 3.8) is 0 Å². The summed E-state index contributed by atoms with van der Waals surface area (Å²) in [5, 5.41) is 4.33. The van der Waals surface area contributed by atoms with Crippen molar-refractivity contribution in [3.8, 4) is 0 Å². The first-order valence-electron chi connectivity index (χ1n) is 6.30. The molecular formula is C14H16Cl2N3OP. The molecule has 112 valence electrons. The summed E-state index contributed by atoms with van der Waals surface area (Å²) in [6, 6.07) is 3.88. The van der Waals surface area contributed by atoms with E-state index in [0.717, 1.165) is 22.1 Å². The summed E-state index contributed by atoms with van der Waals surface area (Å²) < 4.78 is 12.5. The van der Waals surface area contributed by atoms with Gasteiger partial charge in [0.25, 0.3) is 0 Å². The molecule has 21 heavy (non-hydrogen) atoms. The van der Waals surface area contributed by atoms with Crippen molar-refractivity contribution in [1.29, 1.82) is 0 Å². The summed E-state index contributed by atoms with van der Waals surface area (Å²) in [7, 11) is -2.45. The van der Waals surface area contributed by atoms with Crippen LogP contribution in [0.5, 0.6) is 0 Å². The van der Waals surface area contributed by atoms with E-state index in [4.69, 9.17) is 23.2 Å². The van der Waals surface area contributed by atoms with Gasteiger partial charge in [0.15, 0.2) is 5.82 Å². The van der Waals surface area contributed by atoms with Crippen LogP contribution in [0.2, 0.25) is 10.3 Å². The van der Waals surface area contributed by atoms with Gasteiger partial charge in [0.2, 0.25) is 5.28 Å². The van der Waals surface area contributed by atoms with Crippen molar-refractivity contribution in [3.05, 3.63) is 39.8 Å². The number of nitrogens with one attached hydrogen (secondary N) is 1. The molecule has 4 nitrogen and oxygen atoms in total. The summed E-state index contributed by atoms with van der Waals surface area (Å²) in [5.41, 5.74) is 2.90. The van der Waals surface area contributed by atoms with E-state index in [1.165, 1.54) is 6.20 Å². The summed E-state index contributed by atoms with van der Waals surface area (Å²) in [4.78, 5) is 7.88. The Labute approximate surface area is 134 Å². The van der Waals surface area contributed by atoms with Crippen molar-refractivity contribution in [2.24, 2.45) is 0 Å². The Balaban J connectivity index is 2.56. The zero-order valence-corrected chi connectivity index (χ0v) is 14.6. The Bertz CT molecular complexity index is 743. The number of halogens is 2. The molecule has 0 atom stereocenters. The van der Waals surface area contributed by atoms with Crippen molar-refractivity contribution in [2.45, 2.75) is 13.8 Å². The molecule has 2 rings (SSSR count). The minimum Gasteiger partial charge on any atom is -0.338 e.